The van der Waals surface area contributed by atoms with Crippen LogP contribution in [-0.2, 0) is 0 Å². The molecule has 2 aromatic carbocycles. The number of rotatable bonds is 3. The molecule has 0 spiro atoms. The molecule has 26 heavy (non-hydrogen) atoms. The van der Waals surface area contributed by atoms with Gasteiger partial charge in [0, 0.05) is 6.54 Å². The SMILES string of the molecule is Cl.O=C(NS)N(c1ccccc1)c1cc(Cl)c(NC2=NCCN2)c(Cl)c1. The summed E-state index contributed by atoms with van der Waals surface area (Å²) in [6.07, 6.45) is 0. The first-order chi connectivity index (χ1) is 12.1. The average molecular weight is 433 g/mol. The third-order valence-corrected chi connectivity index (χ3v) is 4.30. The van der Waals surface area contributed by atoms with Gasteiger partial charge in [0.25, 0.3) is 0 Å². The lowest BCUT2D eigenvalue weighted by molar-refractivity contribution is 0.254. The van der Waals surface area contributed by atoms with Crippen molar-refractivity contribution >= 4 is 77.5 Å². The number of benzene rings is 2. The van der Waals surface area contributed by atoms with Gasteiger partial charge in [-0.2, -0.15) is 0 Å². The summed E-state index contributed by atoms with van der Waals surface area (Å²) in [6, 6.07) is 12.0. The Morgan fingerprint density at radius 2 is 1.81 bits per heavy atom. The second-order valence-electron chi connectivity index (χ2n) is 5.15. The molecule has 0 unspecified atom stereocenters. The highest BCUT2D eigenvalue weighted by molar-refractivity contribution is 7.78. The van der Waals surface area contributed by atoms with Gasteiger partial charge < -0.3 is 10.6 Å². The molecular formula is C16H16Cl3N5OS. The maximum atomic E-state index is 12.3. The number of nitrogens with zero attached hydrogens (tertiary/aromatic N) is 2. The first kappa shape index (κ1) is 20.5. The molecule has 138 valence electrons. The zero-order chi connectivity index (χ0) is 17.8. The van der Waals surface area contributed by atoms with E-state index >= 15 is 0 Å². The van der Waals surface area contributed by atoms with Crippen molar-refractivity contribution < 1.29 is 4.79 Å². The van der Waals surface area contributed by atoms with E-state index in [1.54, 1.807) is 24.3 Å². The van der Waals surface area contributed by atoms with Crippen molar-refractivity contribution in [3.63, 3.8) is 0 Å². The fourth-order valence-corrected chi connectivity index (χ4v) is 3.09. The number of anilines is 3. The number of guanidine groups is 1. The Morgan fingerprint density at radius 3 is 2.35 bits per heavy atom. The van der Waals surface area contributed by atoms with Gasteiger partial charge in [-0.1, -0.05) is 54.2 Å². The van der Waals surface area contributed by atoms with E-state index in [1.807, 2.05) is 18.2 Å². The fourth-order valence-electron chi connectivity index (χ4n) is 2.42. The third kappa shape index (κ3) is 4.48. The number of nitrogens with one attached hydrogen (secondary N) is 3. The van der Waals surface area contributed by atoms with Crippen LogP contribution in [0.1, 0.15) is 0 Å². The van der Waals surface area contributed by atoms with Crippen molar-refractivity contribution in [3.8, 4) is 0 Å². The lowest BCUT2D eigenvalue weighted by Gasteiger charge is -2.23. The Kier molecular flexibility index (Phi) is 7.28. The van der Waals surface area contributed by atoms with Crippen LogP contribution in [-0.4, -0.2) is 25.1 Å². The number of carbonyl (C=O) groups excluding carboxylic acids is 1. The maximum Gasteiger partial charge on any atom is 0.336 e. The standard InChI is InChI=1S/C16H15Cl2N5OS.ClH/c17-12-8-11(9-13(18)14(12)21-15-19-6-7-20-15)23(16(24)22-25)10-4-2-1-3-5-10;/h1-5,8-9,25H,6-7H2,(H,22,24)(H2,19,20,21);1H. The van der Waals surface area contributed by atoms with Gasteiger partial charge in [0.2, 0.25) is 0 Å². The van der Waals surface area contributed by atoms with Gasteiger partial charge in [-0.25, -0.2) is 4.79 Å². The van der Waals surface area contributed by atoms with E-state index in [-0.39, 0.29) is 12.4 Å². The van der Waals surface area contributed by atoms with Gasteiger partial charge in [-0.15, -0.1) is 12.4 Å². The van der Waals surface area contributed by atoms with Crippen LogP contribution in [0.5, 0.6) is 0 Å². The Hall–Kier alpha value is -1.80. The zero-order valence-electron chi connectivity index (χ0n) is 13.4. The molecule has 6 nitrogen and oxygen atoms in total. The molecular weight excluding hydrogens is 417 g/mol. The molecule has 1 heterocycles. The van der Waals surface area contributed by atoms with Gasteiger partial charge in [-0.3, -0.25) is 14.6 Å². The lowest BCUT2D eigenvalue weighted by atomic mass is 10.2. The van der Waals surface area contributed by atoms with Crippen molar-refractivity contribution in [3.05, 3.63) is 52.5 Å². The van der Waals surface area contributed by atoms with Gasteiger partial charge >= 0.3 is 6.03 Å². The van der Waals surface area contributed by atoms with Gasteiger partial charge in [-0.05, 0) is 24.3 Å². The molecule has 0 atom stereocenters. The van der Waals surface area contributed by atoms with Crippen LogP contribution in [0.4, 0.5) is 21.9 Å². The zero-order valence-corrected chi connectivity index (χ0v) is 16.6. The van der Waals surface area contributed by atoms with E-state index in [0.717, 1.165) is 6.54 Å². The highest BCUT2D eigenvalue weighted by Gasteiger charge is 2.20. The molecule has 0 fully saturated rings. The van der Waals surface area contributed by atoms with Crippen molar-refractivity contribution in [1.82, 2.24) is 10.0 Å². The number of carbonyl (C=O) groups is 1. The van der Waals surface area contributed by atoms with Crippen molar-refractivity contribution in [2.24, 2.45) is 4.99 Å². The summed E-state index contributed by atoms with van der Waals surface area (Å²) in [7, 11) is 0. The first-order valence-corrected chi connectivity index (χ1v) is 8.64. The Balaban J connectivity index is 0.00000243. The Morgan fingerprint density at radius 1 is 1.15 bits per heavy atom. The Bertz CT molecular complexity index is 796. The second kappa shape index (κ2) is 9.23. The number of amides is 2. The molecule has 2 aromatic rings. The smallest absolute Gasteiger partial charge is 0.336 e. The lowest BCUT2D eigenvalue weighted by Crippen LogP contribution is -2.32. The van der Waals surface area contributed by atoms with Crippen molar-refractivity contribution in [2.45, 2.75) is 0 Å². The van der Waals surface area contributed by atoms with E-state index in [2.05, 4.69) is 33.2 Å². The van der Waals surface area contributed by atoms with E-state index in [0.29, 0.717) is 39.6 Å². The first-order valence-electron chi connectivity index (χ1n) is 7.44. The largest absolute Gasteiger partial charge is 0.354 e. The summed E-state index contributed by atoms with van der Waals surface area (Å²) in [4.78, 5) is 18.0. The summed E-state index contributed by atoms with van der Waals surface area (Å²) in [5.74, 6) is 0.615. The highest BCUT2D eigenvalue weighted by Crippen LogP contribution is 2.37. The molecule has 3 N–H and O–H groups in total. The van der Waals surface area contributed by atoms with Gasteiger partial charge in [0.1, 0.15) is 0 Å². The van der Waals surface area contributed by atoms with E-state index in [1.165, 1.54) is 4.90 Å². The molecule has 0 radical (unpaired) electrons. The normalized spacial score (nSPS) is 12.5. The molecule has 0 saturated heterocycles. The van der Waals surface area contributed by atoms with Crippen LogP contribution in [0.25, 0.3) is 0 Å². The number of aliphatic imine (C=N–C) groups is 1. The fraction of sp³-hybridized carbons (Fsp3) is 0.125. The number of hydrogen-bond donors (Lipinski definition) is 4. The van der Waals surface area contributed by atoms with Gasteiger partial charge in [0.05, 0.1) is 33.7 Å². The number of urea groups is 1. The molecule has 1 aliphatic heterocycles. The van der Waals surface area contributed by atoms with Crippen LogP contribution in [0.2, 0.25) is 10.0 Å². The predicted molar refractivity (Wildman–Crippen MR) is 114 cm³/mol. The number of hydrogen-bond acceptors (Lipinski definition) is 5. The minimum Gasteiger partial charge on any atom is -0.354 e. The molecule has 0 aromatic heterocycles. The summed E-state index contributed by atoms with van der Waals surface area (Å²) in [6.45, 7) is 1.46. The molecule has 1 aliphatic rings. The van der Waals surface area contributed by atoms with Crippen LogP contribution in [0, 0.1) is 0 Å². The quantitative estimate of drug-likeness (QED) is 0.541. The molecule has 0 aliphatic carbocycles. The van der Waals surface area contributed by atoms with Crippen molar-refractivity contribution in [2.75, 3.05) is 23.3 Å². The third-order valence-electron chi connectivity index (χ3n) is 3.52. The number of para-hydroxylation sites is 1. The monoisotopic (exact) mass is 431 g/mol. The van der Waals surface area contributed by atoms with Crippen LogP contribution >= 0.6 is 48.4 Å². The van der Waals surface area contributed by atoms with Crippen LogP contribution in [0.3, 0.4) is 0 Å². The summed E-state index contributed by atoms with van der Waals surface area (Å²) >= 11 is 16.6. The topological polar surface area (TPSA) is 68.8 Å². The second-order valence-corrected chi connectivity index (χ2v) is 6.19. The Labute approximate surface area is 172 Å². The highest BCUT2D eigenvalue weighted by atomic mass is 35.5. The predicted octanol–water partition coefficient (Wildman–Crippen LogP) is 4.48. The van der Waals surface area contributed by atoms with E-state index < -0.39 is 6.03 Å². The molecule has 3 rings (SSSR count). The molecule has 2 amide bonds. The minimum absolute atomic E-state index is 0. The van der Waals surface area contributed by atoms with Crippen LogP contribution < -0.4 is 20.3 Å². The van der Waals surface area contributed by atoms with Gasteiger partial charge in [0.15, 0.2) is 5.96 Å². The molecule has 10 heteroatoms. The number of thiol groups is 1. The average Bonchev–Trinajstić information content (AvgIpc) is 3.12. The van der Waals surface area contributed by atoms with E-state index in [4.69, 9.17) is 23.2 Å². The van der Waals surface area contributed by atoms with E-state index in [9.17, 15) is 4.79 Å². The van der Waals surface area contributed by atoms with Crippen LogP contribution in [0.15, 0.2) is 47.5 Å². The molecule has 0 saturated carbocycles. The maximum absolute atomic E-state index is 12.3. The summed E-state index contributed by atoms with van der Waals surface area (Å²) in [5.41, 5.74) is 1.70. The molecule has 0 bridgehead atoms. The number of halogens is 3. The van der Waals surface area contributed by atoms with Crippen molar-refractivity contribution in [1.29, 1.82) is 0 Å². The summed E-state index contributed by atoms with van der Waals surface area (Å²) < 4.78 is 2.32. The minimum atomic E-state index is -0.427. The summed E-state index contributed by atoms with van der Waals surface area (Å²) in [5, 5.41) is 6.89.